The fourth-order valence-electron chi connectivity index (χ4n) is 2.51. The zero-order chi connectivity index (χ0) is 13.4. The number of hydrogen-bond acceptors (Lipinski definition) is 2. The molecule has 4 heteroatoms. The molecule has 3 rings (SSSR count). The van der Waals surface area contributed by atoms with Crippen molar-refractivity contribution in [3.63, 3.8) is 0 Å². The zero-order valence-corrected chi connectivity index (χ0v) is 10.7. The van der Waals surface area contributed by atoms with Gasteiger partial charge in [-0.3, -0.25) is 9.59 Å². The average molecular weight is 259 g/mol. The third-order valence-electron chi connectivity index (χ3n) is 3.89. The molecule has 2 saturated carbocycles. The Morgan fingerprint density at radius 1 is 1.16 bits per heavy atom. The van der Waals surface area contributed by atoms with Crippen LogP contribution in [0.2, 0.25) is 0 Å². The highest BCUT2D eigenvalue weighted by molar-refractivity contribution is 5.89. The van der Waals surface area contributed by atoms with Gasteiger partial charge in [0.2, 0.25) is 5.91 Å². The Morgan fingerprint density at radius 2 is 1.84 bits per heavy atom. The highest BCUT2D eigenvalue weighted by Gasteiger charge is 2.51. The largest absolute Gasteiger partial charge is 0.481 e. The minimum atomic E-state index is -0.839. The summed E-state index contributed by atoms with van der Waals surface area (Å²) < 4.78 is 0. The maximum Gasteiger partial charge on any atom is 0.307 e. The molecule has 2 aliphatic carbocycles. The second kappa shape index (κ2) is 4.68. The maximum atomic E-state index is 12.4. The van der Waals surface area contributed by atoms with Gasteiger partial charge in [0.15, 0.2) is 0 Å². The van der Waals surface area contributed by atoms with Gasteiger partial charge in [-0.15, -0.1) is 0 Å². The molecule has 19 heavy (non-hydrogen) atoms. The predicted octanol–water partition coefficient (Wildman–Crippen LogP) is 1.90. The number of hydrogen-bond donors (Lipinski definition) is 1. The Kier molecular flexibility index (Phi) is 3.01. The smallest absolute Gasteiger partial charge is 0.307 e. The summed E-state index contributed by atoms with van der Waals surface area (Å²) in [6.45, 7) is 0.604. The molecule has 0 spiro atoms. The van der Waals surface area contributed by atoms with Crippen molar-refractivity contribution in [2.75, 3.05) is 0 Å². The van der Waals surface area contributed by atoms with Crippen LogP contribution in [0.15, 0.2) is 30.3 Å². The van der Waals surface area contributed by atoms with E-state index in [1.807, 2.05) is 35.2 Å². The van der Waals surface area contributed by atoms with Gasteiger partial charge in [-0.05, 0) is 24.8 Å². The molecule has 1 N–H and O–H groups in total. The number of rotatable bonds is 5. The lowest BCUT2D eigenvalue weighted by atomic mass is 10.2. The number of aliphatic carboxylic acids is 1. The number of nitrogens with zero attached hydrogens (tertiary/aromatic N) is 1. The first-order valence-electron chi connectivity index (χ1n) is 6.74. The Labute approximate surface area is 112 Å². The molecule has 0 bridgehead atoms. The number of carbonyl (C=O) groups excluding carboxylic acids is 1. The van der Waals surface area contributed by atoms with E-state index in [4.69, 9.17) is 5.11 Å². The minimum Gasteiger partial charge on any atom is -0.481 e. The van der Waals surface area contributed by atoms with E-state index in [0.717, 1.165) is 18.4 Å². The quantitative estimate of drug-likeness (QED) is 0.878. The van der Waals surface area contributed by atoms with Crippen LogP contribution >= 0.6 is 0 Å². The van der Waals surface area contributed by atoms with E-state index in [9.17, 15) is 9.59 Å². The van der Waals surface area contributed by atoms with Crippen LogP contribution in [0.1, 0.15) is 24.8 Å². The first-order valence-corrected chi connectivity index (χ1v) is 6.74. The fraction of sp³-hybridized carbons (Fsp3) is 0.467. The highest BCUT2D eigenvalue weighted by Crippen LogP contribution is 2.42. The molecular formula is C15H17NO3. The molecule has 4 nitrogen and oxygen atoms in total. The number of carboxylic acid groups (broad SMARTS) is 1. The van der Waals surface area contributed by atoms with E-state index in [1.165, 1.54) is 0 Å². The standard InChI is InChI=1S/C15H17NO3/c17-14(12-8-13(12)15(18)19)16(11-6-7-11)9-10-4-2-1-3-5-10/h1-5,11-13H,6-9H2,(H,18,19)/t12-,13-/m0/s1. The van der Waals surface area contributed by atoms with Gasteiger partial charge in [-0.2, -0.15) is 0 Å². The van der Waals surface area contributed by atoms with E-state index in [0.29, 0.717) is 19.0 Å². The van der Waals surface area contributed by atoms with E-state index in [-0.39, 0.29) is 11.8 Å². The van der Waals surface area contributed by atoms with Crippen LogP contribution in [0.5, 0.6) is 0 Å². The molecule has 0 radical (unpaired) electrons. The van der Waals surface area contributed by atoms with Crippen molar-refractivity contribution in [3.05, 3.63) is 35.9 Å². The number of benzene rings is 1. The minimum absolute atomic E-state index is 0.0266. The lowest BCUT2D eigenvalue weighted by molar-refractivity contribution is -0.142. The van der Waals surface area contributed by atoms with E-state index in [1.54, 1.807) is 0 Å². The van der Waals surface area contributed by atoms with Gasteiger partial charge in [0.1, 0.15) is 0 Å². The lowest BCUT2D eigenvalue weighted by Gasteiger charge is -2.22. The van der Waals surface area contributed by atoms with Gasteiger partial charge >= 0.3 is 5.97 Å². The SMILES string of the molecule is O=C(O)[C@H]1C[C@@H]1C(=O)N(Cc1ccccc1)C1CC1. The van der Waals surface area contributed by atoms with Crippen LogP contribution in [0, 0.1) is 11.8 Å². The molecule has 100 valence electrons. The topological polar surface area (TPSA) is 57.6 Å². The molecule has 2 fully saturated rings. The molecule has 2 aliphatic rings. The van der Waals surface area contributed by atoms with Crippen molar-refractivity contribution in [1.29, 1.82) is 0 Å². The predicted molar refractivity (Wildman–Crippen MR) is 69.2 cm³/mol. The molecular weight excluding hydrogens is 242 g/mol. The lowest BCUT2D eigenvalue weighted by Crippen LogP contribution is -2.34. The summed E-state index contributed by atoms with van der Waals surface area (Å²) in [5, 5.41) is 8.93. The van der Waals surface area contributed by atoms with E-state index < -0.39 is 11.9 Å². The van der Waals surface area contributed by atoms with Crippen LogP contribution in [0.25, 0.3) is 0 Å². The van der Waals surface area contributed by atoms with Crippen molar-refractivity contribution in [3.8, 4) is 0 Å². The molecule has 1 amide bonds. The summed E-state index contributed by atoms with van der Waals surface area (Å²) in [7, 11) is 0. The molecule has 0 heterocycles. The van der Waals surface area contributed by atoms with Crippen molar-refractivity contribution in [1.82, 2.24) is 4.90 Å². The maximum absolute atomic E-state index is 12.4. The molecule has 1 aromatic carbocycles. The second-order valence-corrected chi connectivity index (χ2v) is 5.47. The Morgan fingerprint density at radius 3 is 2.37 bits per heavy atom. The third-order valence-corrected chi connectivity index (χ3v) is 3.89. The molecule has 0 aliphatic heterocycles. The molecule has 0 aromatic heterocycles. The van der Waals surface area contributed by atoms with Gasteiger partial charge in [0.05, 0.1) is 11.8 Å². The summed E-state index contributed by atoms with van der Waals surface area (Å²) in [5.74, 6) is -1.56. The summed E-state index contributed by atoms with van der Waals surface area (Å²) in [6, 6.07) is 10.2. The van der Waals surface area contributed by atoms with Crippen LogP contribution < -0.4 is 0 Å². The number of carboxylic acids is 1. The fourth-order valence-corrected chi connectivity index (χ4v) is 2.51. The zero-order valence-electron chi connectivity index (χ0n) is 10.7. The first-order chi connectivity index (χ1) is 9.16. The first kappa shape index (κ1) is 12.2. The van der Waals surface area contributed by atoms with Crippen LogP contribution in [0.4, 0.5) is 0 Å². The Hall–Kier alpha value is -1.84. The average Bonchev–Trinajstić information content (AvgIpc) is 3.29. The van der Waals surface area contributed by atoms with Crippen molar-refractivity contribution in [2.24, 2.45) is 11.8 Å². The van der Waals surface area contributed by atoms with Gasteiger partial charge in [-0.25, -0.2) is 0 Å². The normalized spacial score (nSPS) is 24.8. The van der Waals surface area contributed by atoms with Crippen molar-refractivity contribution < 1.29 is 14.7 Å². The summed E-state index contributed by atoms with van der Waals surface area (Å²) in [4.78, 5) is 25.1. The van der Waals surface area contributed by atoms with Gasteiger partial charge in [0.25, 0.3) is 0 Å². The van der Waals surface area contributed by atoms with Gasteiger partial charge in [0, 0.05) is 12.6 Å². The molecule has 0 unspecified atom stereocenters. The molecule has 0 saturated heterocycles. The number of amides is 1. The van der Waals surface area contributed by atoms with Crippen LogP contribution in [0.3, 0.4) is 0 Å². The molecule has 2 atom stereocenters. The summed E-state index contributed by atoms with van der Waals surface area (Å²) >= 11 is 0. The monoisotopic (exact) mass is 259 g/mol. The Balaban J connectivity index is 1.68. The van der Waals surface area contributed by atoms with Gasteiger partial charge in [-0.1, -0.05) is 30.3 Å². The van der Waals surface area contributed by atoms with Crippen LogP contribution in [-0.2, 0) is 16.1 Å². The third kappa shape index (κ3) is 2.62. The highest BCUT2D eigenvalue weighted by atomic mass is 16.4. The second-order valence-electron chi connectivity index (χ2n) is 5.47. The van der Waals surface area contributed by atoms with Crippen molar-refractivity contribution in [2.45, 2.75) is 31.8 Å². The van der Waals surface area contributed by atoms with Gasteiger partial charge < -0.3 is 10.0 Å². The molecule has 1 aromatic rings. The summed E-state index contributed by atoms with van der Waals surface area (Å²) in [5.41, 5.74) is 1.11. The van der Waals surface area contributed by atoms with Crippen LogP contribution in [-0.4, -0.2) is 27.9 Å². The van der Waals surface area contributed by atoms with Crippen molar-refractivity contribution >= 4 is 11.9 Å². The van der Waals surface area contributed by atoms with E-state index >= 15 is 0 Å². The number of carbonyl (C=O) groups is 2. The summed E-state index contributed by atoms with van der Waals surface area (Å²) in [6.07, 6.45) is 2.60. The Bertz CT molecular complexity index is 495. The van der Waals surface area contributed by atoms with E-state index in [2.05, 4.69) is 0 Å².